The molecule has 0 saturated carbocycles. The minimum absolute atomic E-state index is 1.36. The summed E-state index contributed by atoms with van der Waals surface area (Å²) in [4.78, 5) is 0. The van der Waals surface area contributed by atoms with Crippen molar-refractivity contribution in [1.82, 2.24) is 0 Å². The molecule has 0 aromatic heterocycles. The summed E-state index contributed by atoms with van der Waals surface area (Å²) in [5, 5.41) is 8.24. The van der Waals surface area contributed by atoms with E-state index in [1.165, 1.54) is 54.6 Å². The number of aryl methyl sites for hydroxylation is 4. The van der Waals surface area contributed by atoms with Crippen LogP contribution >= 0.6 is 0 Å². The van der Waals surface area contributed by atoms with Crippen LogP contribution in [0.25, 0.3) is 32.3 Å². The molecule has 0 fully saturated rings. The van der Waals surface area contributed by atoms with Crippen molar-refractivity contribution in [3.8, 4) is 0 Å². The first-order valence-electron chi connectivity index (χ1n) is 9.89. The maximum absolute atomic E-state index is 2.21. The fourth-order valence-corrected chi connectivity index (χ4v) is 4.16. The maximum Gasteiger partial charge on any atom is -0.0146 e. The lowest BCUT2D eigenvalue weighted by Crippen LogP contribution is -1.87. The maximum atomic E-state index is 2.21. The van der Waals surface area contributed by atoms with Crippen LogP contribution in [0.1, 0.15) is 22.3 Å². The van der Waals surface area contributed by atoms with E-state index in [0.717, 1.165) is 0 Å². The highest BCUT2D eigenvalue weighted by Gasteiger charge is 2.06. The molecule has 5 rings (SSSR count). The van der Waals surface area contributed by atoms with Gasteiger partial charge in [0.1, 0.15) is 0 Å². The van der Waals surface area contributed by atoms with Gasteiger partial charge >= 0.3 is 0 Å². The van der Waals surface area contributed by atoms with E-state index >= 15 is 0 Å². The first kappa shape index (κ1) is 18.3. The molecule has 0 bridgehead atoms. The highest BCUT2D eigenvalue weighted by molar-refractivity contribution is 6.05. The fourth-order valence-electron chi connectivity index (χ4n) is 4.16. The summed E-state index contributed by atoms with van der Waals surface area (Å²) in [5.41, 5.74) is 5.49. The third kappa shape index (κ3) is 3.16. The van der Waals surface area contributed by atoms with Gasteiger partial charge in [0.05, 0.1) is 0 Å². The van der Waals surface area contributed by atoms with Gasteiger partial charge in [-0.05, 0) is 82.3 Å². The van der Waals surface area contributed by atoms with E-state index < -0.39 is 0 Å². The Kier molecular flexibility index (Phi) is 4.88. The summed E-state index contributed by atoms with van der Waals surface area (Å²) < 4.78 is 0. The summed E-state index contributed by atoms with van der Waals surface area (Å²) >= 11 is 0. The highest BCUT2D eigenvalue weighted by Crippen LogP contribution is 2.31. The molecule has 0 amide bonds. The predicted octanol–water partition coefficient (Wildman–Crippen LogP) is 8.07. The molecule has 0 N–H and O–H groups in total. The molecule has 0 aliphatic carbocycles. The minimum atomic E-state index is 1.36. The van der Waals surface area contributed by atoms with Crippen molar-refractivity contribution in [2.75, 3.05) is 0 Å². The first-order chi connectivity index (χ1) is 13.6. The Balaban J connectivity index is 0.000000143. The Labute approximate surface area is 167 Å². The minimum Gasteiger partial charge on any atom is -0.0616 e. The molecule has 28 heavy (non-hydrogen) atoms. The second-order valence-electron chi connectivity index (χ2n) is 7.59. The molecule has 0 aliphatic heterocycles. The quantitative estimate of drug-likeness (QED) is 0.244. The zero-order chi connectivity index (χ0) is 19.7. The van der Waals surface area contributed by atoms with E-state index in [-0.39, 0.29) is 0 Å². The van der Waals surface area contributed by atoms with Crippen molar-refractivity contribution in [3.05, 3.63) is 107 Å². The Hall–Kier alpha value is -3.12. The number of benzene rings is 5. The summed E-state index contributed by atoms with van der Waals surface area (Å²) in [5.74, 6) is 0. The number of hydrogen-bond acceptors (Lipinski definition) is 0. The molecule has 5 aromatic carbocycles. The predicted molar refractivity (Wildman–Crippen MR) is 124 cm³/mol. The third-order valence-electron chi connectivity index (χ3n) is 5.83. The van der Waals surface area contributed by atoms with Crippen LogP contribution in [-0.2, 0) is 0 Å². The van der Waals surface area contributed by atoms with E-state index in [9.17, 15) is 0 Å². The second kappa shape index (κ2) is 7.48. The zero-order valence-electron chi connectivity index (χ0n) is 17.1. The van der Waals surface area contributed by atoms with Gasteiger partial charge in [-0.15, -0.1) is 0 Å². The van der Waals surface area contributed by atoms with Crippen LogP contribution in [0.2, 0.25) is 0 Å². The van der Waals surface area contributed by atoms with Gasteiger partial charge in [0, 0.05) is 0 Å². The van der Waals surface area contributed by atoms with Gasteiger partial charge in [0.25, 0.3) is 0 Å². The van der Waals surface area contributed by atoms with Gasteiger partial charge in [-0.1, -0.05) is 84.9 Å². The molecule has 0 radical (unpaired) electrons. The lowest BCUT2D eigenvalue weighted by atomic mass is 9.93. The first-order valence-corrected chi connectivity index (χ1v) is 9.89. The van der Waals surface area contributed by atoms with Crippen molar-refractivity contribution >= 4 is 32.3 Å². The van der Waals surface area contributed by atoms with E-state index in [0.29, 0.717) is 0 Å². The van der Waals surface area contributed by atoms with Crippen LogP contribution in [0, 0.1) is 27.7 Å². The molecule has 0 aliphatic rings. The van der Waals surface area contributed by atoms with Crippen molar-refractivity contribution in [2.24, 2.45) is 0 Å². The monoisotopic (exact) mass is 362 g/mol. The zero-order valence-corrected chi connectivity index (χ0v) is 17.1. The molecule has 0 atom stereocenters. The van der Waals surface area contributed by atoms with E-state index in [4.69, 9.17) is 0 Å². The van der Waals surface area contributed by atoms with Crippen LogP contribution in [0.3, 0.4) is 0 Å². The molecule has 5 aromatic rings. The number of rotatable bonds is 0. The molecule has 138 valence electrons. The van der Waals surface area contributed by atoms with Gasteiger partial charge in [0.15, 0.2) is 0 Å². The Morgan fingerprint density at radius 1 is 0.321 bits per heavy atom. The highest BCUT2D eigenvalue weighted by atomic mass is 14.1. The van der Waals surface area contributed by atoms with Crippen LogP contribution in [0.15, 0.2) is 84.9 Å². The van der Waals surface area contributed by atoms with Gasteiger partial charge in [-0.3, -0.25) is 0 Å². The third-order valence-corrected chi connectivity index (χ3v) is 5.83. The van der Waals surface area contributed by atoms with Gasteiger partial charge in [-0.25, -0.2) is 0 Å². The molecule has 0 nitrogen and oxygen atoms in total. The average Bonchev–Trinajstić information content (AvgIpc) is 2.75. The van der Waals surface area contributed by atoms with E-state index in [1.54, 1.807) is 0 Å². The summed E-state index contributed by atoms with van der Waals surface area (Å²) in [6.07, 6.45) is 0. The van der Waals surface area contributed by atoms with Crippen LogP contribution in [0.5, 0.6) is 0 Å². The SMILES string of the molecule is Cc1c2ccccc2c(C)c2ccccc12.Cc1ccc(C)c2ccccc12. The van der Waals surface area contributed by atoms with Gasteiger partial charge in [0.2, 0.25) is 0 Å². The van der Waals surface area contributed by atoms with Crippen LogP contribution < -0.4 is 0 Å². The lowest BCUT2D eigenvalue weighted by molar-refractivity contribution is 1.46. The lowest BCUT2D eigenvalue weighted by Gasteiger charge is -2.11. The number of hydrogen-bond donors (Lipinski definition) is 0. The smallest absolute Gasteiger partial charge is 0.0146 e. The second-order valence-corrected chi connectivity index (χ2v) is 7.59. The van der Waals surface area contributed by atoms with Crippen molar-refractivity contribution in [3.63, 3.8) is 0 Å². The van der Waals surface area contributed by atoms with E-state index in [2.05, 4.69) is 113 Å². The summed E-state index contributed by atoms with van der Waals surface area (Å²) in [6.45, 7) is 8.73. The molecular formula is C28H26. The molecule has 0 spiro atoms. The standard InChI is InChI=1S/C16H14.C12H12/c1-11-13-7-3-5-9-15(13)12(2)16-10-6-4-8-14(11)16;1-9-7-8-10(2)12-6-4-3-5-11(9)12/h3-10H,1-2H3;3-8H,1-2H3. The Bertz CT molecular complexity index is 1130. The molecule has 0 heteroatoms. The van der Waals surface area contributed by atoms with Crippen molar-refractivity contribution < 1.29 is 0 Å². The average molecular weight is 363 g/mol. The topological polar surface area (TPSA) is 0 Å². The summed E-state index contributed by atoms with van der Waals surface area (Å²) in [6, 6.07) is 30.2. The van der Waals surface area contributed by atoms with E-state index in [1.807, 2.05) is 0 Å². The Morgan fingerprint density at radius 2 is 0.571 bits per heavy atom. The van der Waals surface area contributed by atoms with Crippen molar-refractivity contribution in [1.29, 1.82) is 0 Å². The Morgan fingerprint density at radius 3 is 0.857 bits per heavy atom. The number of fused-ring (bicyclic) bond motifs is 3. The molecule has 0 saturated heterocycles. The normalized spacial score (nSPS) is 10.9. The largest absolute Gasteiger partial charge is 0.0616 e. The van der Waals surface area contributed by atoms with Crippen LogP contribution in [-0.4, -0.2) is 0 Å². The molecular weight excluding hydrogens is 336 g/mol. The summed E-state index contributed by atoms with van der Waals surface area (Å²) in [7, 11) is 0. The fraction of sp³-hybridized carbons (Fsp3) is 0.143. The molecule has 0 unspecified atom stereocenters. The van der Waals surface area contributed by atoms with Crippen molar-refractivity contribution in [2.45, 2.75) is 27.7 Å². The van der Waals surface area contributed by atoms with Gasteiger partial charge in [-0.2, -0.15) is 0 Å². The molecule has 0 heterocycles. The van der Waals surface area contributed by atoms with Gasteiger partial charge < -0.3 is 0 Å². The van der Waals surface area contributed by atoms with Crippen LogP contribution in [0.4, 0.5) is 0 Å².